The van der Waals surface area contributed by atoms with Crippen molar-refractivity contribution in [1.82, 2.24) is 14.7 Å². The van der Waals surface area contributed by atoms with E-state index in [2.05, 4.69) is 19.6 Å². The molecule has 146 valence electrons. The van der Waals surface area contributed by atoms with Gasteiger partial charge in [-0.05, 0) is 36.6 Å². The van der Waals surface area contributed by atoms with Crippen LogP contribution in [-0.4, -0.2) is 31.5 Å². The summed E-state index contributed by atoms with van der Waals surface area (Å²) in [5.74, 6) is 0.687. The summed E-state index contributed by atoms with van der Waals surface area (Å²) in [4.78, 5) is 10.5. The summed E-state index contributed by atoms with van der Waals surface area (Å²) in [5, 5.41) is 0. The number of nitrogens with one attached hydrogen (secondary N) is 1. The molecule has 0 aliphatic carbocycles. The summed E-state index contributed by atoms with van der Waals surface area (Å²) in [5.41, 5.74) is -0.550. The van der Waals surface area contributed by atoms with E-state index in [1.807, 2.05) is 0 Å². The Bertz CT molecular complexity index is 880. The molecule has 1 aromatic carbocycles. The van der Waals surface area contributed by atoms with Crippen molar-refractivity contribution >= 4 is 15.8 Å². The highest BCUT2D eigenvalue weighted by molar-refractivity contribution is 7.88. The van der Waals surface area contributed by atoms with E-state index in [-0.39, 0.29) is 12.1 Å². The molecule has 6 nitrogen and oxygen atoms in total. The number of benzene rings is 1. The highest BCUT2D eigenvalue weighted by Crippen LogP contribution is 2.29. The topological polar surface area (TPSA) is 75.2 Å². The molecule has 0 atom stereocenters. The SMILES string of the molecule is O=S(=O)(Cc1ccc(C(F)(F)F)cc1)NCc1nccc(N2CCCC2)n1. The zero-order valence-electron chi connectivity index (χ0n) is 14.4. The lowest BCUT2D eigenvalue weighted by Crippen LogP contribution is -2.26. The molecule has 2 heterocycles. The molecule has 1 aliphatic heterocycles. The van der Waals surface area contributed by atoms with Gasteiger partial charge >= 0.3 is 6.18 Å². The van der Waals surface area contributed by atoms with Crippen molar-refractivity contribution in [2.75, 3.05) is 18.0 Å². The maximum Gasteiger partial charge on any atom is 0.416 e. The number of hydrogen-bond donors (Lipinski definition) is 1. The predicted molar refractivity (Wildman–Crippen MR) is 94.4 cm³/mol. The van der Waals surface area contributed by atoms with Crippen LogP contribution in [0.15, 0.2) is 36.5 Å². The van der Waals surface area contributed by atoms with Crippen LogP contribution in [0.3, 0.4) is 0 Å². The first-order valence-electron chi connectivity index (χ1n) is 8.43. The number of halogens is 3. The van der Waals surface area contributed by atoms with E-state index in [4.69, 9.17) is 0 Å². The van der Waals surface area contributed by atoms with Crippen molar-refractivity contribution in [2.24, 2.45) is 0 Å². The van der Waals surface area contributed by atoms with E-state index in [0.29, 0.717) is 5.82 Å². The molecular weight excluding hydrogens is 381 g/mol. The maximum atomic E-state index is 12.6. The van der Waals surface area contributed by atoms with Crippen LogP contribution in [-0.2, 0) is 28.5 Å². The third-order valence-electron chi connectivity index (χ3n) is 4.21. The van der Waals surface area contributed by atoms with Crippen molar-refractivity contribution in [3.63, 3.8) is 0 Å². The van der Waals surface area contributed by atoms with Crippen LogP contribution in [0.4, 0.5) is 19.0 Å². The lowest BCUT2D eigenvalue weighted by atomic mass is 10.1. The van der Waals surface area contributed by atoms with Gasteiger partial charge < -0.3 is 4.90 Å². The molecule has 27 heavy (non-hydrogen) atoms. The predicted octanol–water partition coefficient (Wildman–Crippen LogP) is 2.72. The second-order valence-corrected chi connectivity index (χ2v) is 8.11. The van der Waals surface area contributed by atoms with E-state index >= 15 is 0 Å². The first-order valence-corrected chi connectivity index (χ1v) is 10.1. The highest BCUT2D eigenvalue weighted by atomic mass is 32.2. The fourth-order valence-corrected chi connectivity index (χ4v) is 3.91. The molecule has 0 unspecified atom stereocenters. The minimum Gasteiger partial charge on any atom is -0.357 e. The minimum atomic E-state index is -4.45. The molecular formula is C17H19F3N4O2S. The highest BCUT2D eigenvalue weighted by Gasteiger charge is 2.30. The Morgan fingerprint density at radius 2 is 1.74 bits per heavy atom. The monoisotopic (exact) mass is 400 g/mol. The van der Waals surface area contributed by atoms with Gasteiger partial charge in [-0.15, -0.1) is 0 Å². The van der Waals surface area contributed by atoms with E-state index in [9.17, 15) is 21.6 Å². The first-order chi connectivity index (χ1) is 12.7. The Kier molecular flexibility index (Phi) is 5.66. The van der Waals surface area contributed by atoms with Gasteiger partial charge in [0.2, 0.25) is 10.0 Å². The van der Waals surface area contributed by atoms with E-state index in [1.54, 1.807) is 12.3 Å². The van der Waals surface area contributed by atoms with Crippen LogP contribution in [0.2, 0.25) is 0 Å². The van der Waals surface area contributed by atoms with Crippen LogP contribution in [0.1, 0.15) is 29.8 Å². The third-order valence-corrected chi connectivity index (χ3v) is 5.51. The molecule has 2 aromatic rings. The molecule has 1 aromatic heterocycles. The van der Waals surface area contributed by atoms with Gasteiger partial charge in [0.1, 0.15) is 11.6 Å². The molecule has 1 fully saturated rings. The van der Waals surface area contributed by atoms with E-state index in [1.165, 1.54) is 0 Å². The Morgan fingerprint density at radius 3 is 2.37 bits per heavy atom. The van der Waals surface area contributed by atoms with Crippen LogP contribution in [0.25, 0.3) is 0 Å². The molecule has 0 radical (unpaired) electrons. The van der Waals surface area contributed by atoms with Crippen molar-refractivity contribution in [3.8, 4) is 0 Å². The smallest absolute Gasteiger partial charge is 0.357 e. The van der Waals surface area contributed by atoms with Crippen LogP contribution >= 0.6 is 0 Å². The van der Waals surface area contributed by atoms with Gasteiger partial charge in [-0.25, -0.2) is 23.1 Å². The Morgan fingerprint density at radius 1 is 1.07 bits per heavy atom. The van der Waals surface area contributed by atoms with Crippen molar-refractivity contribution in [3.05, 3.63) is 53.5 Å². The summed E-state index contributed by atoms with van der Waals surface area (Å²) in [7, 11) is -3.74. The zero-order chi connectivity index (χ0) is 19.5. The van der Waals surface area contributed by atoms with Crippen LogP contribution < -0.4 is 9.62 Å². The molecule has 1 saturated heterocycles. The average molecular weight is 400 g/mol. The largest absolute Gasteiger partial charge is 0.416 e. The quantitative estimate of drug-likeness (QED) is 0.807. The number of hydrogen-bond acceptors (Lipinski definition) is 5. The summed E-state index contributed by atoms with van der Waals surface area (Å²) >= 11 is 0. The number of anilines is 1. The molecule has 10 heteroatoms. The summed E-state index contributed by atoms with van der Waals surface area (Å²) < 4.78 is 64.5. The number of sulfonamides is 1. The van der Waals surface area contributed by atoms with Gasteiger partial charge in [-0.3, -0.25) is 0 Å². The van der Waals surface area contributed by atoms with Gasteiger partial charge in [-0.1, -0.05) is 12.1 Å². The van der Waals surface area contributed by atoms with Crippen molar-refractivity contribution in [1.29, 1.82) is 0 Å². The Balaban J connectivity index is 1.61. The summed E-state index contributed by atoms with van der Waals surface area (Å²) in [6.45, 7) is 1.75. The van der Waals surface area contributed by atoms with Gasteiger partial charge in [0.25, 0.3) is 0 Å². The Labute approximate surface area is 155 Å². The van der Waals surface area contributed by atoms with Gasteiger partial charge in [0.15, 0.2) is 0 Å². The average Bonchev–Trinajstić information content (AvgIpc) is 3.14. The maximum absolute atomic E-state index is 12.6. The normalized spacial score (nSPS) is 15.3. The molecule has 0 spiro atoms. The van der Waals surface area contributed by atoms with E-state index < -0.39 is 27.5 Å². The second-order valence-electron chi connectivity index (χ2n) is 6.30. The first kappa shape index (κ1) is 19.6. The Hall–Kier alpha value is -2.20. The lowest BCUT2D eigenvalue weighted by molar-refractivity contribution is -0.137. The van der Waals surface area contributed by atoms with Crippen molar-refractivity contribution < 1.29 is 21.6 Å². The fourth-order valence-electron chi connectivity index (χ4n) is 2.83. The number of alkyl halides is 3. The molecule has 1 N–H and O–H groups in total. The van der Waals surface area contributed by atoms with Gasteiger partial charge in [0, 0.05) is 19.3 Å². The van der Waals surface area contributed by atoms with Crippen molar-refractivity contribution in [2.45, 2.75) is 31.3 Å². The van der Waals surface area contributed by atoms with Gasteiger partial charge in [-0.2, -0.15) is 13.2 Å². The van der Waals surface area contributed by atoms with Gasteiger partial charge in [0.05, 0.1) is 17.9 Å². The summed E-state index contributed by atoms with van der Waals surface area (Å²) in [6, 6.07) is 5.84. The fraction of sp³-hybridized carbons (Fsp3) is 0.412. The standard InChI is InChI=1S/C17H19F3N4O2S/c18-17(19,20)14-5-3-13(4-6-14)12-27(25,26)22-11-15-21-8-7-16(23-15)24-9-1-2-10-24/h3-8,22H,1-2,9-12H2. The minimum absolute atomic E-state index is 0.0787. The second kappa shape index (κ2) is 7.81. The third kappa shape index (κ3) is 5.39. The van der Waals surface area contributed by atoms with Crippen LogP contribution in [0.5, 0.6) is 0 Å². The van der Waals surface area contributed by atoms with Crippen LogP contribution in [0, 0.1) is 0 Å². The molecule has 1 aliphatic rings. The molecule has 0 amide bonds. The lowest BCUT2D eigenvalue weighted by Gasteiger charge is -2.16. The summed E-state index contributed by atoms with van der Waals surface area (Å²) in [6.07, 6.45) is -0.675. The number of aromatic nitrogens is 2. The molecule has 0 saturated carbocycles. The number of rotatable bonds is 6. The molecule has 3 rings (SSSR count). The number of nitrogens with zero attached hydrogens (tertiary/aromatic N) is 3. The zero-order valence-corrected chi connectivity index (χ0v) is 15.2. The molecule has 0 bridgehead atoms. The van der Waals surface area contributed by atoms with E-state index in [0.717, 1.165) is 56.0 Å².